The standard InChI is InChI=1S/C42H48NO2PS/c1-40(2,3)47(44)43-39(42-25-28-22-29(26-42)24-30(23-28)27-42)33-18-12-19-34-37(33)45-38-35(41(34,4)5)20-13-21-36(38)46(31-14-8-6-9-15-31)32-16-10-7-11-17-32/h6-21,28-30,39,43H,22-27H2,1-5H3/t28?,29?,30?,39-,42?,47+/m0/s1. The van der Waals surface area contributed by atoms with Crippen LogP contribution in [0.5, 0.6) is 11.5 Å². The summed E-state index contributed by atoms with van der Waals surface area (Å²) in [5.74, 6) is 4.35. The smallest absolute Gasteiger partial charge is 0.139 e. The van der Waals surface area contributed by atoms with Crippen molar-refractivity contribution in [3.63, 3.8) is 0 Å². The molecular formula is C42H48NO2PS. The molecule has 0 radical (unpaired) electrons. The van der Waals surface area contributed by atoms with Gasteiger partial charge in [-0.1, -0.05) is 111 Å². The average molecular weight is 662 g/mol. The summed E-state index contributed by atoms with van der Waals surface area (Å²) in [6.45, 7) is 11.0. The molecular weight excluding hydrogens is 614 g/mol. The van der Waals surface area contributed by atoms with Gasteiger partial charge in [0.15, 0.2) is 0 Å². The largest absolute Gasteiger partial charge is 0.456 e. The lowest BCUT2D eigenvalue weighted by Gasteiger charge is -2.59. The maximum Gasteiger partial charge on any atom is 0.139 e. The van der Waals surface area contributed by atoms with Gasteiger partial charge in [-0.25, -0.2) is 8.93 Å². The maximum absolute atomic E-state index is 14.1. The van der Waals surface area contributed by atoms with Crippen LogP contribution in [0.2, 0.25) is 0 Å². The molecule has 5 aliphatic rings. The van der Waals surface area contributed by atoms with E-state index in [2.05, 4.69) is 136 Å². The fourth-order valence-electron chi connectivity index (χ4n) is 9.85. The number of para-hydroxylation sites is 2. The fourth-order valence-corrected chi connectivity index (χ4v) is 13.2. The predicted octanol–water partition coefficient (Wildman–Crippen LogP) is 9.19. The van der Waals surface area contributed by atoms with Crippen molar-refractivity contribution in [2.45, 2.75) is 89.3 Å². The lowest BCUT2D eigenvalue weighted by Crippen LogP contribution is -2.53. The van der Waals surface area contributed by atoms with E-state index in [4.69, 9.17) is 4.74 Å². The summed E-state index contributed by atoms with van der Waals surface area (Å²) in [4.78, 5) is 0. The van der Waals surface area contributed by atoms with Crippen LogP contribution in [-0.2, 0) is 16.4 Å². The van der Waals surface area contributed by atoms with Crippen molar-refractivity contribution in [3.8, 4) is 11.5 Å². The molecule has 4 bridgehead atoms. The highest BCUT2D eigenvalue weighted by Crippen LogP contribution is 2.65. The first-order valence-corrected chi connectivity index (χ1v) is 20.1. The summed E-state index contributed by atoms with van der Waals surface area (Å²) in [7, 11) is -2.07. The van der Waals surface area contributed by atoms with Crippen LogP contribution in [-0.4, -0.2) is 8.96 Å². The molecule has 2 atom stereocenters. The van der Waals surface area contributed by atoms with E-state index >= 15 is 0 Å². The summed E-state index contributed by atoms with van der Waals surface area (Å²) in [5, 5.41) is 3.88. The topological polar surface area (TPSA) is 38.3 Å². The number of hydrogen-bond acceptors (Lipinski definition) is 2. The molecule has 0 unspecified atom stereocenters. The van der Waals surface area contributed by atoms with Gasteiger partial charge in [-0.3, -0.25) is 0 Å². The molecule has 0 aromatic heterocycles. The van der Waals surface area contributed by atoms with Gasteiger partial charge in [0.2, 0.25) is 0 Å². The summed E-state index contributed by atoms with van der Waals surface area (Å²) >= 11 is 0. The van der Waals surface area contributed by atoms with Gasteiger partial charge in [0.1, 0.15) is 11.5 Å². The first-order chi connectivity index (χ1) is 22.5. The summed E-state index contributed by atoms with van der Waals surface area (Å²) in [5.41, 5.74) is 3.48. The molecule has 4 aromatic rings. The second kappa shape index (κ2) is 11.7. The van der Waals surface area contributed by atoms with Crippen LogP contribution >= 0.6 is 7.92 Å². The first kappa shape index (κ1) is 31.5. The van der Waals surface area contributed by atoms with Crippen molar-refractivity contribution < 1.29 is 8.95 Å². The highest BCUT2D eigenvalue weighted by Gasteiger charge is 2.56. The Morgan fingerprint density at radius 3 is 1.77 bits per heavy atom. The summed E-state index contributed by atoms with van der Waals surface area (Å²) < 4.78 is 24.9. The Morgan fingerprint density at radius 1 is 0.723 bits per heavy atom. The Balaban J connectivity index is 1.30. The normalized spacial score (nSPS) is 26.7. The van der Waals surface area contributed by atoms with Gasteiger partial charge in [0.25, 0.3) is 0 Å². The molecule has 4 aliphatic carbocycles. The second-order valence-corrected chi connectivity index (χ2v) is 20.5. The van der Waals surface area contributed by atoms with Crippen molar-refractivity contribution in [2.75, 3.05) is 0 Å². The molecule has 3 nitrogen and oxygen atoms in total. The number of ether oxygens (including phenoxy) is 1. The minimum Gasteiger partial charge on any atom is -0.456 e. The molecule has 0 spiro atoms. The molecule has 5 heteroatoms. The lowest BCUT2D eigenvalue weighted by molar-refractivity contribution is -0.0709. The molecule has 47 heavy (non-hydrogen) atoms. The molecule has 4 saturated carbocycles. The second-order valence-electron chi connectivity index (χ2n) is 16.3. The Labute approximate surface area is 285 Å². The number of fused-ring (bicyclic) bond motifs is 2. The number of rotatable bonds is 7. The SMILES string of the molecule is CC1(C)c2cccc([C@H](N[S@](=O)C(C)(C)C)C34CC5CC(CC(C5)C3)C4)c2Oc2c(P(c3ccccc3)c3ccccc3)cccc21. The van der Waals surface area contributed by atoms with E-state index in [1.165, 1.54) is 71.1 Å². The van der Waals surface area contributed by atoms with Crippen molar-refractivity contribution in [3.05, 3.63) is 114 Å². The van der Waals surface area contributed by atoms with E-state index in [0.29, 0.717) is 0 Å². The van der Waals surface area contributed by atoms with E-state index in [1.54, 1.807) is 0 Å². The Kier molecular flexibility index (Phi) is 7.82. The molecule has 4 aromatic carbocycles. The Morgan fingerprint density at radius 2 is 1.23 bits per heavy atom. The first-order valence-electron chi connectivity index (χ1n) is 17.6. The minimum absolute atomic E-state index is 0.0276. The molecule has 244 valence electrons. The predicted molar refractivity (Wildman–Crippen MR) is 198 cm³/mol. The van der Waals surface area contributed by atoms with E-state index in [9.17, 15) is 4.21 Å². The van der Waals surface area contributed by atoms with Gasteiger partial charge < -0.3 is 4.74 Å². The molecule has 1 N–H and O–H groups in total. The van der Waals surface area contributed by atoms with Crippen molar-refractivity contribution in [1.29, 1.82) is 0 Å². The zero-order chi connectivity index (χ0) is 32.6. The van der Waals surface area contributed by atoms with Crippen LogP contribution in [0, 0.1) is 23.2 Å². The maximum atomic E-state index is 14.1. The molecule has 1 heterocycles. The molecule has 9 rings (SSSR count). The van der Waals surface area contributed by atoms with Crippen molar-refractivity contribution in [2.24, 2.45) is 23.2 Å². The average Bonchev–Trinajstić information content (AvgIpc) is 3.04. The van der Waals surface area contributed by atoms with Crippen molar-refractivity contribution in [1.82, 2.24) is 4.72 Å². The van der Waals surface area contributed by atoms with Crippen LogP contribution in [0.25, 0.3) is 0 Å². The third-order valence-electron chi connectivity index (χ3n) is 11.7. The van der Waals surface area contributed by atoms with E-state index < -0.39 is 18.9 Å². The minimum atomic E-state index is -1.21. The molecule has 4 fully saturated rings. The van der Waals surface area contributed by atoms with Gasteiger partial charge >= 0.3 is 0 Å². The summed E-state index contributed by atoms with van der Waals surface area (Å²) in [6, 6.07) is 35.4. The van der Waals surface area contributed by atoms with Crippen LogP contribution in [0.3, 0.4) is 0 Å². The van der Waals surface area contributed by atoms with Gasteiger partial charge in [0, 0.05) is 27.4 Å². The zero-order valence-electron chi connectivity index (χ0n) is 28.5. The van der Waals surface area contributed by atoms with Crippen LogP contribution in [0.15, 0.2) is 97.1 Å². The van der Waals surface area contributed by atoms with Crippen LogP contribution in [0.1, 0.15) is 95.9 Å². The van der Waals surface area contributed by atoms with Crippen LogP contribution < -0.4 is 25.4 Å². The number of benzene rings is 4. The molecule has 1 aliphatic heterocycles. The monoisotopic (exact) mass is 661 g/mol. The molecule has 0 amide bonds. The van der Waals surface area contributed by atoms with Gasteiger partial charge in [-0.2, -0.15) is 0 Å². The van der Waals surface area contributed by atoms with Gasteiger partial charge in [-0.15, -0.1) is 0 Å². The summed E-state index contributed by atoms with van der Waals surface area (Å²) in [6.07, 6.45) is 7.80. The zero-order valence-corrected chi connectivity index (χ0v) is 30.2. The number of hydrogen-bond donors (Lipinski definition) is 1. The third-order valence-corrected chi connectivity index (χ3v) is 15.7. The van der Waals surface area contributed by atoms with E-state index in [1.807, 2.05) is 0 Å². The highest BCUT2D eigenvalue weighted by molar-refractivity contribution is 7.84. The third kappa shape index (κ3) is 5.44. The number of nitrogens with one attached hydrogen (secondary N) is 1. The van der Waals surface area contributed by atoms with E-state index in [0.717, 1.165) is 29.3 Å². The quantitative estimate of drug-likeness (QED) is 0.201. The Hall–Kier alpha value is -2.78. The van der Waals surface area contributed by atoms with Crippen LogP contribution in [0.4, 0.5) is 0 Å². The molecule has 0 saturated heterocycles. The van der Waals surface area contributed by atoms with Gasteiger partial charge in [-0.05, 0) is 101 Å². The van der Waals surface area contributed by atoms with E-state index in [-0.39, 0.29) is 21.6 Å². The fraction of sp³-hybridized carbons (Fsp3) is 0.429. The Bertz CT molecular complexity index is 1740. The highest BCUT2D eigenvalue weighted by atomic mass is 32.2. The van der Waals surface area contributed by atoms with Gasteiger partial charge in [0.05, 0.1) is 21.8 Å². The van der Waals surface area contributed by atoms with Crippen molar-refractivity contribution >= 4 is 34.8 Å². The lowest BCUT2D eigenvalue weighted by atomic mass is 9.47.